The van der Waals surface area contributed by atoms with Crippen molar-refractivity contribution < 1.29 is 19.1 Å². The maximum atomic E-state index is 12.3. The van der Waals surface area contributed by atoms with E-state index in [-0.39, 0.29) is 18.9 Å². The second-order valence-corrected chi connectivity index (χ2v) is 5.92. The summed E-state index contributed by atoms with van der Waals surface area (Å²) in [7, 11) is 1.45. The van der Waals surface area contributed by atoms with Crippen LogP contribution in [0, 0.1) is 0 Å². The summed E-state index contributed by atoms with van der Waals surface area (Å²) in [5, 5.41) is 6.83. The number of hydrogen-bond acceptors (Lipinski definition) is 5. The minimum Gasteiger partial charge on any atom is -0.454 e. The highest BCUT2D eigenvalue weighted by atomic mass is 32.1. The number of esters is 1. The molecule has 7 heteroatoms. The van der Waals surface area contributed by atoms with E-state index in [4.69, 9.17) is 4.74 Å². The summed E-state index contributed by atoms with van der Waals surface area (Å²) in [5.41, 5.74) is 0.880. The van der Waals surface area contributed by atoms with Crippen molar-refractivity contribution in [3.8, 4) is 0 Å². The fraction of sp³-hybridized carbons (Fsp3) is 0.235. The standard InChI is InChI=1S/C17H18N2O4S/c1-18-15(20)11-23-17(22)13(10-12-6-3-2-4-7-12)19-16(21)14-8-5-9-24-14/h2-9,13H,10-11H2,1H3,(H,18,20)(H,19,21)/t13-/m0/s1. The van der Waals surface area contributed by atoms with Gasteiger partial charge in [-0.15, -0.1) is 11.3 Å². The van der Waals surface area contributed by atoms with Gasteiger partial charge in [-0.1, -0.05) is 36.4 Å². The lowest BCUT2D eigenvalue weighted by Crippen LogP contribution is -2.44. The largest absolute Gasteiger partial charge is 0.454 e. The second kappa shape index (κ2) is 8.83. The quantitative estimate of drug-likeness (QED) is 0.742. The highest BCUT2D eigenvalue weighted by molar-refractivity contribution is 7.12. The molecule has 126 valence electrons. The van der Waals surface area contributed by atoms with E-state index in [2.05, 4.69) is 10.6 Å². The van der Waals surface area contributed by atoms with Crippen LogP contribution >= 0.6 is 11.3 Å². The molecule has 0 saturated carbocycles. The van der Waals surface area contributed by atoms with Crippen LogP contribution in [0.25, 0.3) is 0 Å². The molecule has 2 aromatic rings. The molecule has 2 amide bonds. The lowest BCUT2D eigenvalue weighted by molar-refractivity contribution is -0.150. The normalized spacial score (nSPS) is 11.4. The zero-order chi connectivity index (χ0) is 17.4. The summed E-state index contributed by atoms with van der Waals surface area (Å²) in [5.74, 6) is -1.40. The SMILES string of the molecule is CNC(=O)COC(=O)[C@H](Cc1ccccc1)NC(=O)c1cccs1. The first-order valence-electron chi connectivity index (χ1n) is 7.35. The Balaban J connectivity index is 2.06. The van der Waals surface area contributed by atoms with Crippen molar-refractivity contribution in [1.82, 2.24) is 10.6 Å². The van der Waals surface area contributed by atoms with Crippen molar-refractivity contribution in [2.24, 2.45) is 0 Å². The number of carbonyl (C=O) groups is 3. The fourth-order valence-corrected chi connectivity index (χ4v) is 2.62. The molecule has 1 atom stereocenters. The van der Waals surface area contributed by atoms with Crippen molar-refractivity contribution in [2.75, 3.05) is 13.7 Å². The van der Waals surface area contributed by atoms with Crippen molar-refractivity contribution >= 4 is 29.1 Å². The highest BCUT2D eigenvalue weighted by Gasteiger charge is 2.24. The summed E-state index contributed by atoms with van der Waals surface area (Å²) in [4.78, 5) is 36.2. The van der Waals surface area contributed by atoms with Gasteiger partial charge < -0.3 is 15.4 Å². The predicted molar refractivity (Wildman–Crippen MR) is 90.7 cm³/mol. The number of hydrogen-bond donors (Lipinski definition) is 2. The zero-order valence-electron chi connectivity index (χ0n) is 13.2. The van der Waals surface area contributed by atoms with Crippen molar-refractivity contribution in [3.63, 3.8) is 0 Å². The van der Waals surface area contributed by atoms with Crippen LogP contribution < -0.4 is 10.6 Å². The minimum absolute atomic E-state index is 0.282. The van der Waals surface area contributed by atoms with Crippen LogP contribution in [-0.2, 0) is 20.7 Å². The molecule has 1 heterocycles. The Hall–Kier alpha value is -2.67. The van der Waals surface area contributed by atoms with Crippen molar-refractivity contribution in [3.05, 3.63) is 58.3 Å². The first-order chi connectivity index (χ1) is 11.6. The molecule has 0 aliphatic carbocycles. The van der Waals surface area contributed by atoms with E-state index < -0.39 is 17.9 Å². The molecule has 0 bridgehead atoms. The van der Waals surface area contributed by atoms with E-state index in [0.29, 0.717) is 4.88 Å². The van der Waals surface area contributed by atoms with Crippen LogP contribution in [0.2, 0.25) is 0 Å². The number of nitrogens with one attached hydrogen (secondary N) is 2. The topological polar surface area (TPSA) is 84.5 Å². The molecule has 24 heavy (non-hydrogen) atoms. The van der Waals surface area contributed by atoms with Crippen LogP contribution in [0.4, 0.5) is 0 Å². The molecule has 1 aromatic heterocycles. The molecule has 2 N–H and O–H groups in total. The van der Waals surface area contributed by atoms with Crippen LogP contribution in [0.3, 0.4) is 0 Å². The van der Waals surface area contributed by atoms with E-state index in [0.717, 1.165) is 5.56 Å². The third kappa shape index (κ3) is 5.20. The average Bonchev–Trinajstić information content (AvgIpc) is 3.14. The van der Waals surface area contributed by atoms with Crippen LogP contribution in [0.5, 0.6) is 0 Å². The van der Waals surface area contributed by atoms with Gasteiger partial charge in [-0.05, 0) is 17.0 Å². The van der Waals surface area contributed by atoms with Crippen LogP contribution in [0.1, 0.15) is 15.2 Å². The summed E-state index contributed by atoms with van der Waals surface area (Å²) in [6.45, 7) is -0.379. The number of thiophene rings is 1. The first kappa shape index (κ1) is 17.7. The van der Waals surface area contributed by atoms with Crippen molar-refractivity contribution in [2.45, 2.75) is 12.5 Å². The maximum Gasteiger partial charge on any atom is 0.329 e. The molecule has 0 radical (unpaired) electrons. The van der Waals surface area contributed by atoms with E-state index in [1.165, 1.54) is 18.4 Å². The summed E-state index contributed by atoms with van der Waals surface area (Å²) in [6.07, 6.45) is 0.282. The number of ether oxygens (including phenoxy) is 1. The van der Waals surface area contributed by atoms with Gasteiger partial charge >= 0.3 is 5.97 Å². The molecule has 0 spiro atoms. The summed E-state index contributed by atoms with van der Waals surface area (Å²) < 4.78 is 4.99. The molecule has 0 saturated heterocycles. The molecule has 0 unspecified atom stereocenters. The monoisotopic (exact) mass is 346 g/mol. The van der Waals surface area contributed by atoms with Gasteiger partial charge in [-0.25, -0.2) is 4.79 Å². The van der Waals surface area contributed by atoms with Gasteiger partial charge in [0.2, 0.25) is 0 Å². The van der Waals surface area contributed by atoms with Gasteiger partial charge in [0, 0.05) is 13.5 Å². The van der Waals surface area contributed by atoms with E-state index in [9.17, 15) is 14.4 Å². The van der Waals surface area contributed by atoms with E-state index in [1.54, 1.807) is 17.5 Å². The summed E-state index contributed by atoms with van der Waals surface area (Å²) >= 11 is 1.28. The van der Waals surface area contributed by atoms with Gasteiger partial charge in [0.1, 0.15) is 6.04 Å². The number of carbonyl (C=O) groups excluding carboxylic acids is 3. The third-order valence-corrected chi connectivity index (χ3v) is 4.11. The molecule has 2 rings (SSSR count). The van der Waals surface area contributed by atoms with Gasteiger partial charge in [-0.2, -0.15) is 0 Å². The molecule has 6 nitrogen and oxygen atoms in total. The Morgan fingerprint density at radius 3 is 2.50 bits per heavy atom. The molecule has 0 fully saturated rings. The highest BCUT2D eigenvalue weighted by Crippen LogP contribution is 2.10. The van der Waals surface area contributed by atoms with Gasteiger partial charge in [0.05, 0.1) is 4.88 Å². The number of likely N-dealkylation sites (N-methyl/N-ethyl adjacent to an activating group) is 1. The summed E-state index contributed by atoms with van der Waals surface area (Å²) in [6, 6.07) is 11.9. The van der Waals surface area contributed by atoms with Crippen LogP contribution in [0.15, 0.2) is 47.8 Å². The Kier molecular flexibility index (Phi) is 6.51. The van der Waals surface area contributed by atoms with Gasteiger partial charge in [-0.3, -0.25) is 9.59 Å². The number of benzene rings is 1. The lowest BCUT2D eigenvalue weighted by Gasteiger charge is -2.17. The first-order valence-corrected chi connectivity index (χ1v) is 8.23. The van der Waals surface area contributed by atoms with E-state index in [1.807, 2.05) is 30.3 Å². The average molecular weight is 346 g/mol. The molecule has 0 aliphatic rings. The molecule has 0 aliphatic heterocycles. The number of rotatable bonds is 7. The predicted octanol–water partition coefficient (Wildman–Crippen LogP) is 1.38. The van der Waals surface area contributed by atoms with E-state index >= 15 is 0 Å². The minimum atomic E-state index is -0.869. The zero-order valence-corrected chi connectivity index (χ0v) is 14.0. The molecular weight excluding hydrogens is 328 g/mol. The Bertz CT molecular complexity index is 686. The third-order valence-electron chi connectivity index (χ3n) is 3.24. The Morgan fingerprint density at radius 1 is 1.12 bits per heavy atom. The van der Waals surface area contributed by atoms with Gasteiger partial charge in [0.15, 0.2) is 6.61 Å². The maximum absolute atomic E-state index is 12.3. The Morgan fingerprint density at radius 2 is 1.88 bits per heavy atom. The smallest absolute Gasteiger partial charge is 0.329 e. The molecular formula is C17H18N2O4S. The van der Waals surface area contributed by atoms with Gasteiger partial charge in [0.25, 0.3) is 11.8 Å². The number of amides is 2. The lowest BCUT2D eigenvalue weighted by atomic mass is 10.1. The second-order valence-electron chi connectivity index (χ2n) is 4.97. The molecule has 1 aromatic carbocycles. The van der Waals surface area contributed by atoms with Crippen molar-refractivity contribution in [1.29, 1.82) is 0 Å². The Labute approximate surface area is 143 Å². The fourth-order valence-electron chi connectivity index (χ4n) is 1.99. The van der Waals surface area contributed by atoms with Crippen LogP contribution in [-0.4, -0.2) is 37.5 Å².